The van der Waals surface area contributed by atoms with Crippen LogP contribution in [0, 0.1) is 5.41 Å². The van der Waals surface area contributed by atoms with E-state index in [1.807, 2.05) is 53.5 Å². The van der Waals surface area contributed by atoms with Gasteiger partial charge in [-0.15, -0.1) is 0 Å². The van der Waals surface area contributed by atoms with Gasteiger partial charge in [-0.05, 0) is 80.0 Å². The fourth-order valence-corrected chi connectivity index (χ4v) is 5.30. The molecule has 8 nitrogen and oxygen atoms in total. The monoisotopic (exact) mass is 505 g/mol. The highest BCUT2D eigenvalue weighted by Gasteiger charge is 2.46. The van der Waals surface area contributed by atoms with Crippen LogP contribution in [0.15, 0.2) is 84.5 Å². The third-order valence-electron chi connectivity index (χ3n) is 7.20. The lowest BCUT2D eigenvalue weighted by Crippen LogP contribution is -2.63. The highest BCUT2D eigenvalue weighted by atomic mass is 35.5. The lowest BCUT2D eigenvalue weighted by atomic mass is 9.72. The Balaban J connectivity index is 0.980. The summed E-state index contributed by atoms with van der Waals surface area (Å²) < 4.78 is 5.99. The van der Waals surface area contributed by atoms with Crippen molar-refractivity contribution in [1.82, 2.24) is 25.7 Å². The number of hydroxylamine groups is 3. The van der Waals surface area contributed by atoms with Crippen LogP contribution in [-0.4, -0.2) is 47.1 Å². The van der Waals surface area contributed by atoms with E-state index in [1.54, 1.807) is 17.5 Å². The number of nitrogens with zero attached hydrogens (tertiary/aromatic N) is 3. The molecule has 2 fully saturated rings. The van der Waals surface area contributed by atoms with Gasteiger partial charge in [0.2, 0.25) is 0 Å². The first-order chi connectivity index (χ1) is 17.6. The third kappa shape index (κ3) is 4.80. The van der Waals surface area contributed by atoms with Crippen LogP contribution in [0.1, 0.15) is 18.4 Å². The number of fused-ring (bicyclic) bond motifs is 1. The number of ether oxygens (including phenoxy) is 1. The second-order valence-corrected chi connectivity index (χ2v) is 10.2. The van der Waals surface area contributed by atoms with Crippen LogP contribution in [0.5, 0.6) is 11.5 Å². The number of allylic oxidation sites excluding steroid dienone is 2. The number of nitrogens with one attached hydrogen (secondary N) is 2. The van der Waals surface area contributed by atoms with Gasteiger partial charge in [0, 0.05) is 36.3 Å². The number of rotatable bonds is 5. The van der Waals surface area contributed by atoms with E-state index in [0.29, 0.717) is 5.02 Å². The average molecular weight is 506 g/mol. The van der Waals surface area contributed by atoms with Crippen molar-refractivity contribution < 1.29 is 14.5 Å². The number of piperidine rings is 1. The normalized spacial score (nSPS) is 20.2. The molecule has 1 spiro atoms. The number of hydrogen-bond donors (Lipinski definition) is 2. The lowest BCUT2D eigenvalue weighted by Gasteiger charge is -2.53. The van der Waals surface area contributed by atoms with Crippen molar-refractivity contribution >= 4 is 17.6 Å². The summed E-state index contributed by atoms with van der Waals surface area (Å²) in [5.74, 6) is 1.60. The van der Waals surface area contributed by atoms with E-state index < -0.39 is 0 Å². The molecule has 4 heterocycles. The van der Waals surface area contributed by atoms with Gasteiger partial charge < -0.3 is 15.0 Å². The van der Waals surface area contributed by atoms with Crippen LogP contribution in [0.2, 0.25) is 5.02 Å². The Hall–Kier alpha value is -3.46. The molecule has 0 saturated carbocycles. The van der Waals surface area contributed by atoms with Crippen molar-refractivity contribution in [3.8, 4) is 11.5 Å². The maximum absolute atomic E-state index is 12.8. The molecule has 2 aromatic rings. The SMILES string of the molecule is O=C(NC1=CC=CN2ONC=C12)N1CC2(CCN(Cc3cccc(Oc4ccc(Cl)cc4)c3)CC2)C1. The van der Waals surface area contributed by atoms with Crippen molar-refractivity contribution in [3.05, 3.63) is 95.1 Å². The minimum Gasteiger partial charge on any atom is -0.457 e. The predicted octanol–water partition coefficient (Wildman–Crippen LogP) is 4.74. The quantitative estimate of drug-likeness (QED) is 0.611. The van der Waals surface area contributed by atoms with Crippen LogP contribution in [-0.2, 0) is 11.5 Å². The second-order valence-electron chi connectivity index (χ2n) is 9.75. The summed E-state index contributed by atoms with van der Waals surface area (Å²) in [6.45, 7) is 4.55. The summed E-state index contributed by atoms with van der Waals surface area (Å²) >= 11 is 5.97. The number of halogens is 1. The number of carbonyl (C=O) groups is 1. The smallest absolute Gasteiger partial charge is 0.321 e. The van der Waals surface area contributed by atoms with E-state index in [1.165, 1.54) is 5.56 Å². The molecular formula is C27H28ClN5O3. The number of carbonyl (C=O) groups excluding carboxylic acids is 1. The zero-order chi connectivity index (χ0) is 24.5. The predicted molar refractivity (Wildman–Crippen MR) is 136 cm³/mol. The molecule has 0 atom stereocenters. The second kappa shape index (κ2) is 9.54. The maximum Gasteiger partial charge on any atom is 0.321 e. The molecule has 4 aliphatic rings. The molecule has 0 radical (unpaired) electrons. The Labute approximate surface area is 215 Å². The maximum atomic E-state index is 12.8. The minimum absolute atomic E-state index is 0.0603. The molecule has 0 bridgehead atoms. The van der Waals surface area contributed by atoms with Gasteiger partial charge in [-0.2, -0.15) is 4.94 Å². The Morgan fingerprint density at radius 3 is 2.72 bits per heavy atom. The highest BCUT2D eigenvalue weighted by Crippen LogP contribution is 2.41. The van der Waals surface area contributed by atoms with Gasteiger partial charge in [0.15, 0.2) is 0 Å². The van der Waals surface area contributed by atoms with E-state index in [2.05, 4.69) is 27.8 Å². The topological polar surface area (TPSA) is 69.3 Å². The first kappa shape index (κ1) is 23.0. The highest BCUT2D eigenvalue weighted by molar-refractivity contribution is 6.30. The lowest BCUT2D eigenvalue weighted by molar-refractivity contribution is -0.113. The molecule has 6 rings (SSSR count). The van der Waals surface area contributed by atoms with Crippen LogP contribution in [0.3, 0.4) is 0 Å². The molecule has 2 aromatic carbocycles. The van der Waals surface area contributed by atoms with E-state index in [9.17, 15) is 4.79 Å². The molecule has 4 aliphatic heterocycles. The first-order valence-electron chi connectivity index (χ1n) is 12.2. The fraction of sp³-hybridized carbons (Fsp3) is 0.296. The van der Waals surface area contributed by atoms with E-state index in [-0.39, 0.29) is 11.4 Å². The molecule has 0 aliphatic carbocycles. The van der Waals surface area contributed by atoms with Gasteiger partial charge >= 0.3 is 6.03 Å². The molecule has 2 N–H and O–H groups in total. The van der Waals surface area contributed by atoms with Crippen molar-refractivity contribution in [2.45, 2.75) is 19.4 Å². The Morgan fingerprint density at radius 1 is 1.11 bits per heavy atom. The van der Waals surface area contributed by atoms with Crippen LogP contribution >= 0.6 is 11.6 Å². The first-order valence-corrected chi connectivity index (χ1v) is 12.5. The molecule has 2 amide bonds. The molecular weight excluding hydrogens is 478 g/mol. The van der Waals surface area contributed by atoms with Gasteiger partial charge in [-0.3, -0.25) is 4.90 Å². The summed E-state index contributed by atoms with van der Waals surface area (Å²) in [5.41, 5.74) is 5.68. The summed E-state index contributed by atoms with van der Waals surface area (Å²) in [7, 11) is 0. The Bertz CT molecular complexity index is 1230. The number of urea groups is 1. The van der Waals surface area contributed by atoms with Crippen LogP contribution in [0.25, 0.3) is 0 Å². The van der Waals surface area contributed by atoms with Gasteiger partial charge in [0.1, 0.15) is 17.2 Å². The van der Waals surface area contributed by atoms with Gasteiger partial charge in [0.25, 0.3) is 0 Å². The Morgan fingerprint density at radius 2 is 1.92 bits per heavy atom. The van der Waals surface area contributed by atoms with Gasteiger partial charge in [-0.25, -0.2) is 15.3 Å². The van der Waals surface area contributed by atoms with Gasteiger partial charge in [-0.1, -0.05) is 23.7 Å². The standard InChI is InChI=1S/C27H28ClN5O3/c28-21-6-8-22(9-7-21)35-23-4-1-3-20(15-23)17-31-13-10-27(11-14-31)18-32(19-27)26(34)30-24-5-2-12-33-25(24)16-29-36-33/h1-9,12,15-16,29H,10-11,13-14,17-19H2,(H,30,34). The molecule has 36 heavy (non-hydrogen) atoms. The number of hydrogen-bond acceptors (Lipinski definition) is 6. The Kier molecular flexibility index (Phi) is 6.08. The number of likely N-dealkylation sites (tertiary alicyclic amines) is 2. The summed E-state index contributed by atoms with van der Waals surface area (Å²) in [6.07, 6.45) is 9.42. The van der Waals surface area contributed by atoms with Crippen molar-refractivity contribution in [3.63, 3.8) is 0 Å². The largest absolute Gasteiger partial charge is 0.457 e. The average Bonchev–Trinajstić information content (AvgIpc) is 3.35. The summed E-state index contributed by atoms with van der Waals surface area (Å²) in [6, 6.07) is 15.6. The summed E-state index contributed by atoms with van der Waals surface area (Å²) in [5, 5.41) is 5.30. The fourth-order valence-electron chi connectivity index (χ4n) is 5.17. The van der Waals surface area contributed by atoms with Gasteiger partial charge in [0.05, 0.1) is 11.9 Å². The van der Waals surface area contributed by atoms with E-state index in [4.69, 9.17) is 21.3 Å². The number of amides is 2. The van der Waals surface area contributed by atoms with Crippen molar-refractivity contribution in [2.75, 3.05) is 26.2 Å². The zero-order valence-corrected chi connectivity index (χ0v) is 20.6. The molecule has 9 heteroatoms. The zero-order valence-electron chi connectivity index (χ0n) is 19.8. The van der Waals surface area contributed by atoms with Crippen molar-refractivity contribution in [1.29, 1.82) is 0 Å². The van der Waals surface area contributed by atoms with E-state index >= 15 is 0 Å². The van der Waals surface area contributed by atoms with E-state index in [0.717, 1.165) is 68.5 Å². The van der Waals surface area contributed by atoms with Crippen LogP contribution < -0.4 is 15.5 Å². The molecule has 186 valence electrons. The summed E-state index contributed by atoms with van der Waals surface area (Å²) in [4.78, 5) is 22.4. The van der Waals surface area contributed by atoms with Crippen molar-refractivity contribution in [2.24, 2.45) is 5.41 Å². The molecule has 0 unspecified atom stereocenters. The minimum atomic E-state index is -0.0603. The molecule has 0 aromatic heterocycles. The van der Waals surface area contributed by atoms with Crippen LogP contribution in [0.4, 0.5) is 4.79 Å². The molecule has 2 saturated heterocycles. The third-order valence-corrected chi connectivity index (χ3v) is 7.45. The number of benzene rings is 2.